The average Bonchev–Trinajstić information content (AvgIpc) is 2.30. The zero-order valence-electron chi connectivity index (χ0n) is 9.98. The zero-order valence-corrected chi connectivity index (χ0v) is 10.8. The normalized spacial score (nSPS) is 11.9. The number of hydrogen-bond donors (Lipinski definition) is 2. The van der Waals surface area contributed by atoms with Crippen LogP contribution in [-0.2, 0) is 4.79 Å². The Morgan fingerprint density at radius 2 is 2.06 bits per heavy atom. The molecule has 1 atom stereocenters. The molecule has 0 aliphatic carbocycles. The first-order valence-corrected chi connectivity index (χ1v) is 6.42. The fourth-order valence-electron chi connectivity index (χ4n) is 1.28. The van der Waals surface area contributed by atoms with E-state index in [4.69, 9.17) is 5.11 Å². The number of carboxylic acids is 1. The van der Waals surface area contributed by atoms with Crippen molar-refractivity contribution in [3.05, 3.63) is 29.3 Å². The molecule has 0 saturated carbocycles. The second kappa shape index (κ2) is 5.72. The Bertz CT molecular complexity index is 445. The predicted molar refractivity (Wildman–Crippen MR) is 69.7 cm³/mol. The number of anilines is 1. The lowest BCUT2D eigenvalue weighted by Gasteiger charge is -2.11. The van der Waals surface area contributed by atoms with E-state index in [2.05, 4.69) is 5.32 Å². The maximum atomic E-state index is 11.6. The highest BCUT2D eigenvalue weighted by Crippen LogP contribution is 2.17. The minimum absolute atomic E-state index is 0.127. The summed E-state index contributed by atoms with van der Waals surface area (Å²) in [6, 6.07) is 4.86. The van der Waals surface area contributed by atoms with Crippen LogP contribution in [0.2, 0.25) is 0 Å². The van der Waals surface area contributed by atoms with Gasteiger partial charge < -0.3 is 10.4 Å². The van der Waals surface area contributed by atoms with Crippen molar-refractivity contribution in [1.82, 2.24) is 0 Å². The van der Waals surface area contributed by atoms with E-state index in [0.29, 0.717) is 11.3 Å². The number of carbonyl (C=O) groups is 2. The number of rotatable bonds is 4. The smallest absolute Gasteiger partial charge is 0.336 e. The predicted octanol–water partition coefficient (Wildman–Crippen LogP) is 2.38. The summed E-state index contributed by atoms with van der Waals surface area (Å²) in [6.07, 6.45) is 1.85. The lowest BCUT2D eigenvalue weighted by Crippen LogP contribution is -2.22. The summed E-state index contributed by atoms with van der Waals surface area (Å²) in [5, 5.41) is 11.5. The van der Waals surface area contributed by atoms with Crippen LogP contribution < -0.4 is 5.32 Å². The van der Waals surface area contributed by atoms with E-state index in [1.54, 1.807) is 26.0 Å². The average molecular weight is 253 g/mol. The number of carbonyl (C=O) groups excluding carboxylic acids is 1. The molecular formula is C12H15NO3S. The second-order valence-corrected chi connectivity index (χ2v) is 4.88. The molecule has 0 radical (unpaired) electrons. The molecule has 5 heteroatoms. The van der Waals surface area contributed by atoms with Gasteiger partial charge in [0.25, 0.3) is 0 Å². The van der Waals surface area contributed by atoms with Gasteiger partial charge in [0.1, 0.15) is 0 Å². The summed E-state index contributed by atoms with van der Waals surface area (Å²) >= 11 is 1.44. The van der Waals surface area contributed by atoms with Gasteiger partial charge in [0.15, 0.2) is 0 Å². The third kappa shape index (κ3) is 3.49. The lowest BCUT2D eigenvalue weighted by atomic mass is 10.1. The molecule has 2 N–H and O–H groups in total. The monoisotopic (exact) mass is 253 g/mol. The van der Waals surface area contributed by atoms with E-state index >= 15 is 0 Å². The number of aryl methyl sites for hydroxylation is 1. The zero-order chi connectivity index (χ0) is 13.0. The van der Waals surface area contributed by atoms with E-state index in [0.717, 1.165) is 0 Å². The first-order chi connectivity index (χ1) is 7.95. The van der Waals surface area contributed by atoms with Crippen LogP contribution in [0, 0.1) is 6.92 Å². The molecule has 1 unspecified atom stereocenters. The van der Waals surface area contributed by atoms with E-state index in [1.807, 2.05) is 6.26 Å². The number of carboxylic acid groups (broad SMARTS) is 1. The number of aromatic carboxylic acids is 1. The molecule has 17 heavy (non-hydrogen) atoms. The molecule has 0 spiro atoms. The van der Waals surface area contributed by atoms with Gasteiger partial charge >= 0.3 is 5.97 Å². The van der Waals surface area contributed by atoms with Gasteiger partial charge in [-0.3, -0.25) is 4.79 Å². The molecule has 0 saturated heterocycles. The van der Waals surface area contributed by atoms with Crippen LogP contribution in [0.5, 0.6) is 0 Å². The molecule has 0 heterocycles. The van der Waals surface area contributed by atoms with Crippen molar-refractivity contribution in [2.45, 2.75) is 19.1 Å². The van der Waals surface area contributed by atoms with Crippen molar-refractivity contribution in [2.75, 3.05) is 11.6 Å². The van der Waals surface area contributed by atoms with Crippen molar-refractivity contribution in [2.24, 2.45) is 0 Å². The Hall–Kier alpha value is -1.49. The first-order valence-electron chi connectivity index (χ1n) is 5.13. The maximum Gasteiger partial charge on any atom is 0.336 e. The number of benzene rings is 1. The number of amides is 1. The van der Waals surface area contributed by atoms with E-state index < -0.39 is 5.97 Å². The summed E-state index contributed by atoms with van der Waals surface area (Å²) in [6.45, 7) is 3.52. The van der Waals surface area contributed by atoms with Crippen molar-refractivity contribution >= 4 is 29.3 Å². The molecule has 1 aromatic rings. The Morgan fingerprint density at radius 3 is 2.59 bits per heavy atom. The van der Waals surface area contributed by atoms with Crippen molar-refractivity contribution in [3.8, 4) is 0 Å². The molecule has 1 rings (SSSR count). The molecule has 4 nitrogen and oxygen atoms in total. The van der Waals surface area contributed by atoms with Crippen LogP contribution in [0.3, 0.4) is 0 Å². The quantitative estimate of drug-likeness (QED) is 0.864. The Kier molecular flexibility index (Phi) is 4.57. The van der Waals surface area contributed by atoms with Crippen LogP contribution in [0.4, 0.5) is 5.69 Å². The van der Waals surface area contributed by atoms with Crippen LogP contribution in [-0.4, -0.2) is 28.5 Å². The standard InChI is InChI=1S/C12H15NO3S/c1-7-4-5-9(6-10(7)12(15)16)13-11(14)8(2)17-3/h4-6,8H,1-3H3,(H,13,14)(H,15,16). The van der Waals surface area contributed by atoms with Gasteiger partial charge in [-0.15, -0.1) is 0 Å². The van der Waals surface area contributed by atoms with Crippen LogP contribution >= 0.6 is 11.8 Å². The van der Waals surface area contributed by atoms with Gasteiger partial charge in [0.2, 0.25) is 5.91 Å². The fraction of sp³-hybridized carbons (Fsp3) is 0.333. The van der Waals surface area contributed by atoms with Crippen LogP contribution in [0.15, 0.2) is 18.2 Å². The van der Waals surface area contributed by atoms with Gasteiger partial charge in [-0.05, 0) is 37.8 Å². The molecule has 0 fully saturated rings. The summed E-state index contributed by atoms with van der Waals surface area (Å²) in [5.41, 5.74) is 1.40. The molecule has 92 valence electrons. The molecule has 0 bridgehead atoms. The minimum atomic E-state index is -0.989. The van der Waals surface area contributed by atoms with Gasteiger partial charge in [-0.2, -0.15) is 11.8 Å². The topological polar surface area (TPSA) is 66.4 Å². The summed E-state index contributed by atoms with van der Waals surface area (Å²) in [4.78, 5) is 22.6. The molecule has 1 amide bonds. The van der Waals surface area contributed by atoms with E-state index in [9.17, 15) is 9.59 Å². The van der Waals surface area contributed by atoms with Crippen molar-refractivity contribution in [1.29, 1.82) is 0 Å². The SMILES string of the molecule is CSC(C)C(=O)Nc1ccc(C)c(C(=O)O)c1. The third-order valence-electron chi connectivity index (χ3n) is 2.46. The lowest BCUT2D eigenvalue weighted by molar-refractivity contribution is -0.115. The second-order valence-electron chi connectivity index (χ2n) is 3.70. The first kappa shape index (κ1) is 13.6. The summed E-state index contributed by atoms with van der Waals surface area (Å²) in [7, 11) is 0. The van der Waals surface area contributed by atoms with E-state index in [-0.39, 0.29) is 16.7 Å². The van der Waals surface area contributed by atoms with E-state index in [1.165, 1.54) is 17.8 Å². The number of nitrogens with one attached hydrogen (secondary N) is 1. The molecular weight excluding hydrogens is 238 g/mol. The molecule has 0 aromatic heterocycles. The van der Waals surface area contributed by atoms with Crippen molar-refractivity contribution in [3.63, 3.8) is 0 Å². The number of hydrogen-bond acceptors (Lipinski definition) is 3. The highest BCUT2D eigenvalue weighted by molar-refractivity contribution is 7.99. The molecule has 0 aliphatic rings. The van der Waals surface area contributed by atoms with Crippen molar-refractivity contribution < 1.29 is 14.7 Å². The van der Waals surface area contributed by atoms with Gasteiger partial charge in [0, 0.05) is 5.69 Å². The third-order valence-corrected chi connectivity index (χ3v) is 3.38. The Morgan fingerprint density at radius 1 is 1.41 bits per heavy atom. The Balaban J connectivity index is 2.90. The fourth-order valence-corrected chi connectivity index (χ4v) is 1.55. The largest absolute Gasteiger partial charge is 0.478 e. The highest BCUT2D eigenvalue weighted by Gasteiger charge is 2.13. The van der Waals surface area contributed by atoms with Gasteiger partial charge in [0.05, 0.1) is 10.8 Å². The maximum absolute atomic E-state index is 11.6. The minimum Gasteiger partial charge on any atom is -0.478 e. The highest BCUT2D eigenvalue weighted by atomic mass is 32.2. The van der Waals surface area contributed by atoms with Gasteiger partial charge in [-0.25, -0.2) is 4.79 Å². The summed E-state index contributed by atoms with van der Waals surface area (Å²) in [5.74, 6) is -1.12. The Labute approximate surface area is 104 Å². The molecule has 1 aromatic carbocycles. The molecule has 0 aliphatic heterocycles. The number of thioether (sulfide) groups is 1. The van der Waals surface area contributed by atoms with Crippen LogP contribution in [0.25, 0.3) is 0 Å². The van der Waals surface area contributed by atoms with Crippen LogP contribution in [0.1, 0.15) is 22.8 Å². The van der Waals surface area contributed by atoms with Gasteiger partial charge in [-0.1, -0.05) is 6.07 Å². The summed E-state index contributed by atoms with van der Waals surface area (Å²) < 4.78 is 0.